The molecule has 2 rings (SSSR count). The number of alkyl halides is 4. The lowest BCUT2D eigenvalue weighted by Gasteiger charge is -2.39. The highest BCUT2D eigenvalue weighted by molar-refractivity contribution is 5.97. The average molecular weight is 348 g/mol. The van der Waals surface area contributed by atoms with Gasteiger partial charge in [-0.05, 0) is 25.0 Å². The topological polar surface area (TPSA) is 50.4 Å². The van der Waals surface area contributed by atoms with Gasteiger partial charge >= 0.3 is 12.5 Å². The lowest BCUT2D eigenvalue weighted by molar-refractivity contribution is -0.253. The summed E-state index contributed by atoms with van der Waals surface area (Å²) in [5.74, 6) is -1.20. The highest BCUT2D eigenvalue weighted by atomic mass is 19.3. The number of carbonyl (C=O) groups excluding carboxylic acids is 1. The molecule has 0 aliphatic heterocycles. The third-order valence-electron chi connectivity index (χ3n) is 3.77. The summed E-state index contributed by atoms with van der Waals surface area (Å²) in [6, 6.07) is 5.32. The van der Waals surface area contributed by atoms with Crippen LogP contribution in [0.5, 0.6) is 5.75 Å². The second-order valence-corrected chi connectivity index (χ2v) is 6.05. The van der Waals surface area contributed by atoms with Crippen molar-refractivity contribution in [3.8, 4) is 5.75 Å². The first-order valence-corrected chi connectivity index (χ1v) is 7.71. The number of hydrogen-bond acceptors (Lipinski definition) is 3. The van der Waals surface area contributed by atoms with E-state index in [1.807, 2.05) is 13.8 Å². The Bertz CT molecular complexity index is 581. The second kappa shape index (κ2) is 7.38. The molecule has 2 N–H and O–H groups in total. The quantitative estimate of drug-likeness (QED) is 0.744. The SMILES string of the molecule is CC(C)N[C@@H]1CC[C@@H]1NC(=O)c1ccccc1OC(F)(F)C(F)F. The van der Waals surface area contributed by atoms with Gasteiger partial charge in [0.2, 0.25) is 0 Å². The highest BCUT2D eigenvalue weighted by Crippen LogP contribution is 2.30. The van der Waals surface area contributed by atoms with Crippen LogP contribution in [0, 0.1) is 0 Å². The number of benzene rings is 1. The number of carbonyl (C=O) groups is 1. The molecule has 1 fully saturated rings. The number of halogens is 4. The molecule has 0 unspecified atom stereocenters. The summed E-state index contributed by atoms with van der Waals surface area (Å²) >= 11 is 0. The van der Waals surface area contributed by atoms with E-state index in [2.05, 4.69) is 15.4 Å². The Balaban J connectivity index is 2.07. The van der Waals surface area contributed by atoms with Gasteiger partial charge in [0, 0.05) is 18.1 Å². The van der Waals surface area contributed by atoms with Gasteiger partial charge in [0.25, 0.3) is 5.91 Å². The first-order chi connectivity index (χ1) is 11.2. The summed E-state index contributed by atoms with van der Waals surface area (Å²) in [7, 11) is 0. The predicted octanol–water partition coefficient (Wildman–Crippen LogP) is 3.18. The van der Waals surface area contributed by atoms with E-state index in [1.54, 1.807) is 0 Å². The third-order valence-corrected chi connectivity index (χ3v) is 3.77. The summed E-state index contributed by atoms with van der Waals surface area (Å²) < 4.78 is 54.9. The average Bonchev–Trinajstić information content (AvgIpc) is 2.49. The molecule has 0 heterocycles. The zero-order valence-corrected chi connectivity index (χ0v) is 13.4. The normalized spacial score (nSPS) is 20.8. The van der Waals surface area contributed by atoms with Crippen LogP contribution in [0.1, 0.15) is 37.0 Å². The van der Waals surface area contributed by atoms with Gasteiger partial charge < -0.3 is 15.4 Å². The van der Waals surface area contributed by atoms with Gasteiger partial charge in [-0.1, -0.05) is 26.0 Å². The molecule has 0 radical (unpaired) electrons. The Kier molecular flexibility index (Phi) is 5.69. The molecule has 1 aliphatic carbocycles. The van der Waals surface area contributed by atoms with Crippen LogP contribution in [-0.2, 0) is 0 Å². The van der Waals surface area contributed by atoms with E-state index in [1.165, 1.54) is 18.2 Å². The number of hydrogen-bond donors (Lipinski definition) is 2. The van der Waals surface area contributed by atoms with Crippen molar-refractivity contribution in [2.75, 3.05) is 0 Å². The van der Waals surface area contributed by atoms with Gasteiger partial charge in [0.15, 0.2) is 0 Å². The number of ether oxygens (including phenoxy) is 1. The Morgan fingerprint density at radius 3 is 2.38 bits per heavy atom. The lowest BCUT2D eigenvalue weighted by atomic mass is 9.85. The first kappa shape index (κ1) is 18.5. The van der Waals surface area contributed by atoms with Crippen molar-refractivity contribution in [3.05, 3.63) is 29.8 Å². The standard InChI is InChI=1S/C16H20F4N2O2/c1-9(2)21-11-7-8-12(11)22-14(23)10-5-3-4-6-13(10)24-16(19,20)15(17)18/h3-6,9,11-12,15,21H,7-8H2,1-2H3,(H,22,23)/t11-,12+/m1/s1. The zero-order valence-electron chi connectivity index (χ0n) is 13.4. The fraction of sp³-hybridized carbons (Fsp3) is 0.562. The van der Waals surface area contributed by atoms with Crippen molar-refractivity contribution in [1.82, 2.24) is 10.6 Å². The molecule has 0 bridgehead atoms. The number of amides is 1. The van der Waals surface area contributed by atoms with E-state index < -0.39 is 24.2 Å². The van der Waals surface area contributed by atoms with E-state index in [4.69, 9.17) is 0 Å². The zero-order chi connectivity index (χ0) is 17.9. The van der Waals surface area contributed by atoms with Crippen LogP contribution >= 0.6 is 0 Å². The van der Waals surface area contributed by atoms with Gasteiger partial charge in [-0.15, -0.1) is 0 Å². The van der Waals surface area contributed by atoms with Crippen LogP contribution in [0.15, 0.2) is 24.3 Å². The highest BCUT2D eigenvalue weighted by Gasteiger charge is 2.44. The molecule has 1 aromatic carbocycles. The van der Waals surface area contributed by atoms with Crippen molar-refractivity contribution in [1.29, 1.82) is 0 Å². The minimum absolute atomic E-state index is 0.101. The van der Waals surface area contributed by atoms with Crippen LogP contribution < -0.4 is 15.4 Å². The number of nitrogens with one attached hydrogen (secondary N) is 2. The van der Waals surface area contributed by atoms with Gasteiger partial charge in [0.1, 0.15) is 5.75 Å². The lowest BCUT2D eigenvalue weighted by Crippen LogP contribution is -2.58. The van der Waals surface area contributed by atoms with Crippen molar-refractivity contribution in [2.24, 2.45) is 0 Å². The van der Waals surface area contributed by atoms with Gasteiger partial charge in [-0.25, -0.2) is 0 Å². The summed E-state index contributed by atoms with van der Waals surface area (Å²) in [4.78, 5) is 12.3. The molecule has 24 heavy (non-hydrogen) atoms. The molecule has 0 saturated heterocycles. The molecule has 4 nitrogen and oxygen atoms in total. The predicted molar refractivity (Wildman–Crippen MR) is 80.6 cm³/mol. The maximum absolute atomic E-state index is 13.1. The van der Waals surface area contributed by atoms with Crippen LogP contribution in [0.3, 0.4) is 0 Å². The molecule has 1 saturated carbocycles. The molecular formula is C16H20F4N2O2. The molecule has 0 aromatic heterocycles. The summed E-state index contributed by atoms with van der Waals surface area (Å²) in [6.07, 6.45) is -6.99. The fourth-order valence-corrected chi connectivity index (χ4v) is 2.48. The maximum Gasteiger partial charge on any atom is 0.461 e. The smallest absolute Gasteiger partial charge is 0.427 e. The second-order valence-electron chi connectivity index (χ2n) is 6.05. The van der Waals surface area contributed by atoms with Gasteiger partial charge in [-0.2, -0.15) is 17.6 Å². The van der Waals surface area contributed by atoms with Crippen LogP contribution in [-0.4, -0.2) is 36.6 Å². The number of para-hydroxylation sites is 1. The minimum atomic E-state index is -4.66. The summed E-state index contributed by atoms with van der Waals surface area (Å²) in [5, 5.41) is 6.02. The first-order valence-electron chi connectivity index (χ1n) is 7.71. The van der Waals surface area contributed by atoms with Crippen LogP contribution in [0.25, 0.3) is 0 Å². The van der Waals surface area contributed by atoms with Crippen molar-refractivity contribution >= 4 is 5.91 Å². The monoisotopic (exact) mass is 348 g/mol. The Hall–Kier alpha value is -1.83. The van der Waals surface area contributed by atoms with E-state index in [0.717, 1.165) is 18.9 Å². The van der Waals surface area contributed by atoms with Crippen molar-refractivity contribution in [2.45, 2.75) is 57.3 Å². The largest absolute Gasteiger partial charge is 0.461 e. The van der Waals surface area contributed by atoms with E-state index >= 15 is 0 Å². The van der Waals surface area contributed by atoms with E-state index in [0.29, 0.717) is 0 Å². The van der Waals surface area contributed by atoms with E-state index in [9.17, 15) is 22.4 Å². The van der Waals surface area contributed by atoms with Gasteiger partial charge in [-0.3, -0.25) is 4.79 Å². The van der Waals surface area contributed by atoms with Crippen molar-refractivity contribution < 1.29 is 27.1 Å². The van der Waals surface area contributed by atoms with Crippen LogP contribution in [0.2, 0.25) is 0 Å². The molecule has 0 spiro atoms. The maximum atomic E-state index is 13.1. The fourth-order valence-electron chi connectivity index (χ4n) is 2.48. The van der Waals surface area contributed by atoms with Crippen LogP contribution in [0.4, 0.5) is 17.6 Å². The molecule has 8 heteroatoms. The Labute approximate surface area is 137 Å². The van der Waals surface area contributed by atoms with Crippen molar-refractivity contribution in [3.63, 3.8) is 0 Å². The molecule has 1 aliphatic rings. The molecule has 134 valence electrons. The Morgan fingerprint density at radius 1 is 1.21 bits per heavy atom. The molecular weight excluding hydrogens is 328 g/mol. The minimum Gasteiger partial charge on any atom is -0.427 e. The van der Waals surface area contributed by atoms with E-state index in [-0.39, 0.29) is 23.7 Å². The summed E-state index contributed by atoms with van der Waals surface area (Å²) in [6.45, 7) is 3.96. The molecule has 2 atom stereocenters. The molecule has 1 amide bonds. The Morgan fingerprint density at radius 2 is 1.83 bits per heavy atom. The summed E-state index contributed by atoms with van der Waals surface area (Å²) in [5.41, 5.74) is -0.201. The third kappa shape index (κ3) is 4.37. The number of rotatable bonds is 7. The van der Waals surface area contributed by atoms with Gasteiger partial charge in [0.05, 0.1) is 5.56 Å². The molecule has 1 aromatic rings.